The zero-order valence-electron chi connectivity index (χ0n) is 24.2. The van der Waals surface area contributed by atoms with Crippen molar-refractivity contribution in [3.63, 3.8) is 0 Å². The fourth-order valence-corrected chi connectivity index (χ4v) is 6.93. The summed E-state index contributed by atoms with van der Waals surface area (Å²) in [6, 6.07) is 0. The highest BCUT2D eigenvalue weighted by atomic mass is 32.2. The average molecular weight is 526 g/mol. The summed E-state index contributed by atoms with van der Waals surface area (Å²) >= 11 is 1.40. The van der Waals surface area contributed by atoms with Crippen molar-refractivity contribution in [2.24, 2.45) is 11.3 Å². The molecule has 5 heteroatoms. The van der Waals surface area contributed by atoms with Crippen LogP contribution in [-0.2, 0) is 9.22 Å². The van der Waals surface area contributed by atoms with Gasteiger partial charge in [0.1, 0.15) is 5.40 Å². The third-order valence-electron chi connectivity index (χ3n) is 7.75. The summed E-state index contributed by atoms with van der Waals surface area (Å²) in [6.45, 7) is 8.62. The molecule has 0 amide bonds. The van der Waals surface area contributed by atoms with Gasteiger partial charge in [0.2, 0.25) is 10.5 Å². The van der Waals surface area contributed by atoms with E-state index >= 15 is 0 Å². The maximum Gasteiger partial charge on any atom is 0.297 e. The number of hydrogen-bond donors (Lipinski definition) is 0. The lowest BCUT2D eigenvalue weighted by molar-refractivity contribution is -0.147. The molecule has 0 radical (unpaired) electrons. The van der Waals surface area contributed by atoms with E-state index in [0.717, 1.165) is 25.7 Å². The van der Waals surface area contributed by atoms with Crippen LogP contribution in [0.5, 0.6) is 0 Å². The number of thiocyanates is 1. The topological polar surface area (TPSA) is 50.1 Å². The highest BCUT2D eigenvalue weighted by Crippen LogP contribution is 2.41. The summed E-state index contributed by atoms with van der Waals surface area (Å²) in [5.74, 6) is 0.132. The average Bonchev–Trinajstić information content (AvgIpc) is 2.85. The molecule has 0 N–H and O–H groups in total. The summed E-state index contributed by atoms with van der Waals surface area (Å²) in [5, 5.41) is 12.1. The molecule has 0 aromatic heterocycles. The van der Waals surface area contributed by atoms with Crippen molar-refractivity contribution >= 4 is 28.2 Å². The molecule has 0 aromatic carbocycles. The number of unbranched alkanes of at least 4 members (excludes halogenated alkanes) is 17. The quantitative estimate of drug-likeness (QED) is 0.0677. The van der Waals surface area contributed by atoms with Gasteiger partial charge in [0.25, 0.3) is 5.97 Å². The fraction of sp³-hybridized carbons (Fsp3) is 0.933. The van der Waals surface area contributed by atoms with Gasteiger partial charge in [-0.15, -0.1) is 0 Å². The van der Waals surface area contributed by atoms with E-state index in [1.165, 1.54) is 121 Å². The predicted molar refractivity (Wildman–Crippen MR) is 159 cm³/mol. The molecule has 0 aromatic rings. The molecule has 0 rings (SSSR count). The van der Waals surface area contributed by atoms with E-state index in [4.69, 9.17) is 4.43 Å². The number of nitrogens with zero attached hydrogens (tertiary/aromatic N) is 1. The van der Waals surface area contributed by atoms with Crippen molar-refractivity contribution < 1.29 is 9.22 Å². The Morgan fingerprint density at radius 1 is 0.743 bits per heavy atom. The van der Waals surface area contributed by atoms with Crippen molar-refractivity contribution in [2.75, 3.05) is 0 Å². The van der Waals surface area contributed by atoms with Crippen molar-refractivity contribution in [2.45, 2.75) is 168 Å². The third-order valence-corrected chi connectivity index (χ3v) is 9.10. The van der Waals surface area contributed by atoms with Crippen LogP contribution in [0, 0.1) is 22.0 Å². The Labute approximate surface area is 226 Å². The van der Waals surface area contributed by atoms with E-state index in [0.29, 0.717) is 10.5 Å². The Morgan fingerprint density at radius 3 is 1.49 bits per heavy atom. The van der Waals surface area contributed by atoms with Gasteiger partial charge in [-0.1, -0.05) is 136 Å². The summed E-state index contributed by atoms with van der Waals surface area (Å²) in [4.78, 5) is 12.7. The van der Waals surface area contributed by atoms with E-state index in [-0.39, 0.29) is 17.1 Å². The second kappa shape index (κ2) is 23.9. The first-order chi connectivity index (χ1) is 16.9. The summed E-state index contributed by atoms with van der Waals surface area (Å²) < 4.78 is 5.32. The normalized spacial score (nSPS) is 13.5. The minimum absolute atomic E-state index is 0.0738. The number of rotatable bonds is 25. The van der Waals surface area contributed by atoms with Crippen molar-refractivity contribution in [1.82, 2.24) is 0 Å². The van der Waals surface area contributed by atoms with Gasteiger partial charge in [-0.25, -0.2) is 0 Å². The zero-order chi connectivity index (χ0) is 26.2. The molecule has 0 aliphatic rings. The molecule has 0 saturated carbocycles. The van der Waals surface area contributed by atoms with Crippen LogP contribution in [-0.4, -0.2) is 21.7 Å². The molecule has 0 saturated heterocycles. The van der Waals surface area contributed by atoms with Crippen LogP contribution in [0.2, 0.25) is 0 Å². The van der Waals surface area contributed by atoms with Crippen LogP contribution in [0.1, 0.15) is 163 Å². The molecule has 2 atom stereocenters. The second-order valence-corrected chi connectivity index (χ2v) is 12.6. The third kappa shape index (κ3) is 17.6. The molecule has 35 heavy (non-hydrogen) atoms. The maximum absolute atomic E-state index is 12.7. The van der Waals surface area contributed by atoms with E-state index in [2.05, 4.69) is 19.2 Å². The Bertz CT molecular complexity index is 535. The monoisotopic (exact) mass is 525 g/mol. The van der Waals surface area contributed by atoms with Crippen LogP contribution >= 0.6 is 11.8 Å². The van der Waals surface area contributed by atoms with Gasteiger partial charge in [0.15, 0.2) is 0 Å². The van der Waals surface area contributed by atoms with Gasteiger partial charge in [-0.05, 0) is 44.4 Å². The van der Waals surface area contributed by atoms with Crippen LogP contribution < -0.4 is 0 Å². The SMILES string of the molecule is CCCCCCCCCCCCCCCC(C(CCCCCCCC)SC#N)C(C)(C)C(=O)O[SiH3]. The van der Waals surface area contributed by atoms with Crippen molar-refractivity contribution in [1.29, 1.82) is 5.26 Å². The molecule has 0 aliphatic heterocycles. The van der Waals surface area contributed by atoms with Crippen molar-refractivity contribution in [3.05, 3.63) is 0 Å². The molecule has 2 unspecified atom stereocenters. The Kier molecular flexibility index (Phi) is 23.6. The van der Waals surface area contributed by atoms with E-state index in [1.807, 2.05) is 13.8 Å². The minimum Gasteiger partial charge on any atom is -0.528 e. The van der Waals surface area contributed by atoms with E-state index in [1.54, 1.807) is 0 Å². The molecule has 0 spiro atoms. The van der Waals surface area contributed by atoms with E-state index < -0.39 is 5.41 Å². The molecule has 0 bridgehead atoms. The predicted octanol–water partition coefficient (Wildman–Crippen LogP) is 9.27. The first kappa shape index (κ1) is 34.5. The first-order valence-electron chi connectivity index (χ1n) is 15.1. The fourth-order valence-electron chi connectivity index (χ4n) is 5.34. The van der Waals surface area contributed by atoms with E-state index in [9.17, 15) is 10.1 Å². The van der Waals surface area contributed by atoms with Gasteiger partial charge in [-0.3, -0.25) is 4.79 Å². The largest absolute Gasteiger partial charge is 0.528 e. The number of carbonyl (C=O) groups excluding carboxylic acids is 1. The maximum atomic E-state index is 12.7. The second-order valence-electron chi connectivity index (χ2n) is 11.2. The number of hydrogen-bond acceptors (Lipinski definition) is 4. The number of carbonyl (C=O) groups is 1. The van der Waals surface area contributed by atoms with Gasteiger partial charge < -0.3 is 4.43 Å². The first-order valence-corrected chi connectivity index (χ1v) is 16.8. The Hall–Kier alpha value is -0.473. The summed E-state index contributed by atoms with van der Waals surface area (Å²) in [7, 11) is 0.437. The summed E-state index contributed by atoms with van der Waals surface area (Å²) in [5.41, 5.74) is -0.518. The lowest BCUT2D eigenvalue weighted by Gasteiger charge is -2.37. The minimum atomic E-state index is -0.518. The van der Waals surface area contributed by atoms with Crippen molar-refractivity contribution in [3.8, 4) is 5.40 Å². The Morgan fingerprint density at radius 2 is 1.11 bits per heavy atom. The molecule has 3 nitrogen and oxygen atoms in total. The standard InChI is InChI=1S/C30H59NO2SSi/c1-5-7-9-11-13-14-15-16-17-18-19-20-22-24-27(30(3,4)29(32)33-35)28(34-26-31)25-23-21-12-10-8-6-2/h27-28H,5-25H2,1-4,35H3. The Balaban J connectivity index is 4.44. The van der Waals surface area contributed by atoms with Gasteiger partial charge >= 0.3 is 0 Å². The summed E-state index contributed by atoms with van der Waals surface area (Å²) in [6.07, 6.45) is 27.2. The van der Waals surface area contributed by atoms with Gasteiger partial charge in [0.05, 0.1) is 5.41 Å². The smallest absolute Gasteiger partial charge is 0.297 e. The lowest BCUT2D eigenvalue weighted by Crippen LogP contribution is -2.39. The molecule has 0 aliphatic carbocycles. The zero-order valence-corrected chi connectivity index (χ0v) is 27.0. The number of nitriles is 1. The lowest BCUT2D eigenvalue weighted by atomic mass is 9.73. The molecule has 0 heterocycles. The van der Waals surface area contributed by atoms with Crippen LogP contribution in [0.25, 0.3) is 0 Å². The number of thioether (sulfide) groups is 1. The van der Waals surface area contributed by atoms with Crippen LogP contribution in [0.3, 0.4) is 0 Å². The van der Waals surface area contributed by atoms with Gasteiger partial charge in [-0.2, -0.15) is 5.26 Å². The van der Waals surface area contributed by atoms with Crippen LogP contribution in [0.4, 0.5) is 0 Å². The van der Waals surface area contributed by atoms with Gasteiger partial charge in [0, 0.05) is 5.25 Å². The molecule has 0 fully saturated rings. The van der Waals surface area contributed by atoms with Crippen LogP contribution in [0.15, 0.2) is 0 Å². The highest BCUT2D eigenvalue weighted by molar-refractivity contribution is 8.04. The molecular weight excluding hydrogens is 466 g/mol. The molecule has 206 valence electrons. The molecular formula is C30H59NO2SSi. The highest BCUT2D eigenvalue weighted by Gasteiger charge is 2.41.